The molecule has 9 heteroatoms. The molecule has 0 aliphatic rings. The van der Waals surface area contributed by atoms with Crippen LogP contribution in [0.3, 0.4) is 0 Å². The minimum Gasteiger partial charge on any atom is -0.493 e. The van der Waals surface area contributed by atoms with Crippen LogP contribution in [-0.2, 0) is 6.54 Å². The lowest BCUT2D eigenvalue weighted by molar-refractivity contribution is -0.0512. The van der Waals surface area contributed by atoms with E-state index in [1.807, 2.05) is 0 Å². The summed E-state index contributed by atoms with van der Waals surface area (Å²) in [6, 6.07) is 17.3. The van der Waals surface area contributed by atoms with E-state index in [4.69, 9.17) is 16.3 Å². The van der Waals surface area contributed by atoms with Crippen molar-refractivity contribution in [3.8, 4) is 11.5 Å². The molecule has 0 bridgehead atoms. The van der Waals surface area contributed by atoms with E-state index in [1.54, 1.807) is 48.5 Å². The predicted octanol–water partition coefficient (Wildman–Crippen LogP) is 5.13. The van der Waals surface area contributed by atoms with Gasteiger partial charge in [0.15, 0.2) is 11.5 Å². The second-order valence-electron chi connectivity index (χ2n) is 6.55. The molecule has 0 aromatic heterocycles. The van der Waals surface area contributed by atoms with Crippen molar-refractivity contribution in [2.45, 2.75) is 13.2 Å². The zero-order valence-electron chi connectivity index (χ0n) is 16.9. The van der Waals surface area contributed by atoms with Crippen LogP contribution in [0, 0.1) is 0 Å². The van der Waals surface area contributed by atoms with E-state index in [2.05, 4.69) is 15.4 Å². The zero-order valence-corrected chi connectivity index (χ0v) is 17.7. The molecule has 3 rings (SSSR count). The first-order valence-corrected chi connectivity index (χ1v) is 9.81. The number of rotatable bonds is 8. The molecule has 0 saturated carbocycles. The molecule has 0 aliphatic carbocycles. The molecular formula is C23H19ClF2N2O4. The largest absolute Gasteiger partial charge is 0.493 e. The normalized spacial score (nSPS) is 10.5. The smallest absolute Gasteiger partial charge is 0.387 e. The molecule has 0 radical (unpaired) electrons. The number of ether oxygens (including phenoxy) is 2. The molecule has 0 unspecified atom stereocenters. The Morgan fingerprint density at radius 1 is 0.969 bits per heavy atom. The van der Waals surface area contributed by atoms with Gasteiger partial charge in [0, 0.05) is 17.1 Å². The van der Waals surface area contributed by atoms with Crippen molar-refractivity contribution in [3.63, 3.8) is 0 Å². The number of methoxy groups -OCH3 is 1. The van der Waals surface area contributed by atoms with Crippen molar-refractivity contribution in [1.82, 2.24) is 5.32 Å². The van der Waals surface area contributed by atoms with Gasteiger partial charge in [-0.3, -0.25) is 9.59 Å². The van der Waals surface area contributed by atoms with Gasteiger partial charge in [0.1, 0.15) is 0 Å². The number of anilines is 1. The van der Waals surface area contributed by atoms with E-state index in [0.29, 0.717) is 21.8 Å². The van der Waals surface area contributed by atoms with Gasteiger partial charge >= 0.3 is 6.61 Å². The van der Waals surface area contributed by atoms with E-state index in [-0.39, 0.29) is 29.5 Å². The van der Waals surface area contributed by atoms with Crippen molar-refractivity contribution < 1.29 is 27.8 Å². The van der Waals surface area contributed by atoms with E-state index in [1.165, 1.54) is 25.3 Å². The van der Waals surface area contributed by atoms with Crippen LogP contribution in [0.5, 0.6) is 11.5 Å². The van der Waals surface area contributed by atoms with Gasteiger partial charge in [-0.1, -0.05) is 29.8 Å². The highest BCUT2D eigenvalue weighted by molar-refractivity contribution is 6.30. The molecule has 0 spiro atoms. The molecule has 0 fully saturated rings. The maximum absolute atomic E-state index is 12.7. The third-order valence-corrected chi connectivity index (χ3v) is 4.68. The average Bonchev–Trinajstić information content (AvgIpc) is 2.78. The second-order valence-corrected chi connectivity index (χ2v) is 6.99. The van der Waals surface area contributed by atoms with E-state index >= 15 is 0 Å². The molecule has 6 nitrogen and oxygen atoms in total. The number of carbonyl (C=O) groups excluding carboxylic acids is 2. The van der Waals surface area contributed by atoms with Gasteiger partial charge in [-0.2, -0.15) is 8.78 Å². The summed E-state index contributed by atoms with van der Waals surface area (Å²) in [5, 5.41) is 5.96. The van der Waals surface area contributed by atoms with Gasteiger partial charge in [-0.15, -0.1) is 0 Å². The van der Waals surface area contributed by atoms with Crippen molar-refractivity contribution >= 4 is 29.1 Å². The molecule has 3 aromatic carbocycles. The van der Waals surface area contributed by atoms with Gasteiger partial charge in [0.25, 0.3) is 11.8 Å². The fraction of sp³-hybridized carbons (Fsp3) is 0.130. The van der Waals surface area contributed by atoms with Crippen LogP contribution in [-0.4, -0.2) is 25.5 Å². The van der Waals surface area contributed by atoms with Crippen LogP contribution in [0.25, 0.3) is 0 Å². The summed E-state index contributed by atoms with van der Waals surface area (Å²) >= 11 is 5.85. The first-order valence-electron chi connectivity index (χ1n) is 9.43. The molecule has 0 aliphatic heterocycles. The van der Waals surface area contributed by atoms with Gasteiger partial charge < -0.3 is 20.1 Å². The fourth-order valence-corrected chi connectivity index (χ4v) is 3.00. The summed E-state index contributed by atoms with van der Waals surface area (Å²) in [5.74, 6) is -0.800. The van der Waals surface area contributed by atoms with Crippen LogP contribution in [0.1, 0.15) is 26.3 Å². The number of halogens is 3. The number of hydrogen-bond acceptors (Lipinski definition) is 4. The van der Waals surface area contributed by atoms with E-state index in [9.17, 15) is 18.4 Å². The van der Waals surface area contributed by atoms with E-state index < -0.39 is 12.5 Å². The number of carbonyl (C=O) groups is 2. The Hall–Kier alpha value is -3.65. The van der Waals surface area contributed by atoms with E-state index in [0.717, 1.165) is 0 Å². The Kier molecular flexibility index (Phi) is 7.62. The molecule has 166 valence electrons. The summed E-state index contributed by atoms with van der Waals surface area (Å²) in [7, 11) is 1.33. The highest BCUT2D eigenvalue weighted by Gasteiger charge is 2.15. The Balaban J connectivity index is 1.69. The third-order valence-electron chi connectivity index (χ3n) is 4.42. The topological polar surface area (TPSA) is 76.7 Å². The molecule has 0 atom stereocenters. The van der Waals surface area contributed by atoms with Crippen LogP contribution in [0.15, 0.2) is 66.7 Å². The first-order chi connectivity index (χ1) is 15.4. The molecule has 2 N–H and O–H groups in total. The Morgan fingerprint density at radius 3 is 2.38 bits per heavy atom. The number of amides is 2. The van der Waals surface area contributed by atoms with Crippen LogP contribution >= 0.6 is 11.6 Å². The zero-order chi connectivity index (χ0) is 23.1. The standard InChI is InChI=1S/C23H19ClF2N2O4/c1-31-20-12-14(6-11-19(20)32-23(25)26)13-27-22(30)17-4-2-3-5-18(17)28-21(29)15-7-9-16(24)10-8-15/h2-12,23H,13H2,1H3,(H,27,30)(H,28,29). The summed E-state index contributed by atoms with van der Waals surface area (Å²) in [4.78, 5) is 25.2. The Labute approximate surface area is 188 Å². The maximum Gasteiger partial charge on any atom is 0.387 e. The number of hydrogen-bond donors (Lipinski definition) is 2. The molecule has 2 amide bonds. The van der Waals surface area contributed by atoms with Crippen LogP contribution in [0.4, 0.5) is 14.5 Å². The number of benzene rings is 3. The summed E-state index contributed by atoms with van der Waals surface area (Å²) in [6.45, 7) is -2.88. The second kappa shape index (κ2) is 10.6. The SMILES string of the molecule is COc1cc(CNC(=O)c2ccccc2NC(=O)c2ccc(Cl)cc2)ccc1OC(F)F. The fourth-order valence-electron chi connectivity index (χ4n) is 2.88. The molecule has 0 heterocycles. The first kappa shape index (κ1) is 23.0. The monoisotopic (exact) mass is 460 g/mol. The summed E-state index contributed by atoms with van der Waals surface area (Å²) in [6.07, 6.45) is 0. The van der Waals surface area contributed by atoms with Crippen LogP contribution in [0.2, 0.25) is 5.02 Å². The molecule has 3 aromatic rings. The number of alkyl halides is 2. The number of para-hydroxylation sites is 1. The van der Waals surface area contributed by atoms with Crippen molar-refractivity contribution in [1.29, 1.82) is 0 Å². The third kappa shape index (κ3) is 5.95. The molecule has 32 heavy (non-hydrogen) atoms. The van der Waals surface area contributed by atoms with Gasteiger partial charge in [0.05, 0.1) is 18.4 Å². The predicted molar refractivity (Wildman–Crippen MR) is 117 cm³/mol. The molecule has 0 saturated heterocycles. The highest BCUT2D eigenvalue weighted by Crippen LogP contribution is 2.29. The Morgan fingerprint density at radius 2 is 1.69 bits per heavy atom. The summed E-state index contributed by atoms with van der Waals surface area (Å²) < 4.78 is 34.4. The maximum atomic E-state index is 12.7. The van der Waals surface area contributed by atoms with Gasteiger partial charge in [0.2, 0.25) is 0 Å². The lowest BCUT2D eigenvalue weighted by Gasteiger charge is -2.13. The minimum atomic E-state index is -2.98. The average molecular weight is 461 g/mol. The minimum absolute atomic E-state index is 0.101. The number of nitrogens with one attached hydrogen (secondary N) is 2. The van der Waals surface area contributed by atoms with Crippen molar-refractivity contribution in [2.24, 2.45) is 0 Å². The van der Waals surface area contributed by atoms with Crippen LogP contribution < -0.4 is 20.1 Å². The lowest BCUT2D eigenvalue weighted by Crippen LogP contribution is -2.25. The quantitative estimate of drug-likeness (QED) is 0.488. The van der Waals surface area contributed by atoms with Crippen molar-refractivity contribution in [2.75, 3.05) is 12.4 Å². The summed E-state index contributed by atoms with van der Waals surface area (Å²) in [5.41, 5.74) is 1.60. The Bertz CT molecular complexity index is 1110. The molecular weight excluding hydrogens is 442 g/mol. The van der Waals surface area contributed by atoms with Gasteiger partial charge in [-0.25, -0.2) is 0 Å². The van der Waals surface area contributed by atoms with Crippen molar-refractivity contribution in [3.05, 3.63) is 88.4 Å². The highest BCUT2D eigenvalue weighted by atomic mass is 35.5. The lowest BCUT2D eigenvalue weighted by atomic mass is 10.1. The van der Waals surface area contributed by atoms with Gasteiger partial charge in [-0.05, 0) is 54.1 Å².